The number of carboxylic acids is 1. The van der Waals surface area contributed by atoms with E-state index < -0.39 is 5.97 Å². The molecule has 0 amide bonds. The van der Waals surface area contributed by atoms with Crippen LogP contribution in [0.15, 0.2) is 35.8 Å². The van der Waals surface area contributed by atoms with E-state index in [2.05, 4.69) is 22.3 Å². The molecule has 0 bridgehead atoms. The van der Waals surface area contributed by atoms with Gasteiger partial charge in [0.05, 0.1) is 6.42 Å². The van der Waals surface area contributed by atoms with Gasteiger partial charge in [0, 0.05) is 13.1 Å². The minimum atomic E-state index is -0.789. The molecule has 0 spiro atoms. The van der Waals surface area contributed by atoms with E-state index in [4.69, 9.17) is 5.11 Å². The van der Waals surface area contributed by atoms with E-state index in [1.165, 1.54) is 16.9 Å². The van der Waals surface area contributed by atoms with Crippen LogP contribution in [0.5, 0.6) is 0 Å². The van der Waals surface area contributed by atoms with Gasteiger partial charge in [-0.15, -0.1) is 10.2 Å². The lowest BCUT2D eigenvalue weighted by atomic mass is 10.1. The highest BCUT2D eigenvalue weighted by molar-refractivity contribution is 7.13. The molecule has 2 rings (SSSR count). The molecule has 0 aliphatic heterocycles. The second-order valence-corrected chi connectivity index (χ2v) is 5.25. The Bertz CT molecular complexity index is 516. The average molecular weight is 291 g/mol. The van der Waals surface area contributed by atoms with Gasteiger partial charge >= 0.3 is 5.97 Å². The van der Waals surface area contributed by atoms with E-state index in [-0.39, 0.29) is 6.42 Å². The highest BCUT2D eigenvalue weighted by Gasteiger charge is 2.11. The van der Waals surface area contributed by atoms with Crippen molar-refractivity contribution < 1.29 is 9.90 Å². The first-order valence-electron chi connectivity index (χ1n) is 6.52. The Hall–Kier alpha value is -1.95. The summed E-state index contributed by atoms with van der Waals surface area (Å²) in [4.78, 5) is 12.7. The first kappa shape index (κ1) is 14.5. The van der Waals surface area contributed by atoms with E-state index in [0.717, 1.165) is 24.5 Å². The van der Waals surface area contributed by atoms with Crippen molar-refractivity contribution in [1.29, 1.82) is 0 Å². The highest BCUT2D eigenvalue weighted by Crippen LogP contribution is 2.17. The lowest BCUT2D eigenvalue weighted by molar-refractivity contribution is -0.136. The average Bonchev–Trinajstić information content (AvgIpc) is 2.97. The molecular weight excluding hydrogens is 274 g/mol. The number of carbonyl (C=O) groups is 1. The van der Waals surface area contributed by atoms with Crippen molar-refractivity contribution >= 4 is 22.4 Å². The van der Waals surface area contributed by atoms with Crippen LogP contribution in [0.4, 0.5) is 5.13 Å². The zero-order valence-electron chi connectivity index (χ0n) is 11.1. The fourth-order valence-electron chi connectivity index (χ4n) is 1.96. The molecule has 0 radical (unpaired) electrons. The molecule has 5 nitrogen and oxygen atoms in total. The van der Waals surface area contributed by atoms with Gasteiger partial charge in [0.1, 0.15) is 5.51 Å². The third kappa shape index (κ3) is 4.62. The number of benzene rings is 1. The number of hydrogen-bond donors (Lipinski definition) is 1. The Balaban J connectivity index is 1.86. The zero-order valence-corrected chi connectivity index (χ0v) is 11.9. The van der Waals surface area contributed by atoms with Crippen LogP contribution in [-0.2, 0) is 11.2 Å². The molecule has 20 heavy (non-hydrogen) atoms. The molecule has 0 fully saturated rings. The molecule has 1 heterocycles. The second-order valence-electron chi connectivity index (χ2n) is 4.44. The molecular formula is C14H17N3O2S. The van der Waals surface area contributed by atoms with E-state index in [9.17, 15) is 4.79 Å². The van der Waals surface area contributed by atoms with Gasteiger partial charge in [0.2, 0.25) is 5.13 Å². The number of hydrogen-bond acceptors (Lipinski definition) is 5. The van der Waals surface area contributed by atoms with Crippen LogP contribution in [0.1, 0.15) is 18.4 Å². The normalized spacial score (nSPS) is 10.4. The molecule has 0 saturated heterocycles. The Morgan fingerprint density at radius 2 is 2.05 bits per heavy atom. The molecule has 1 aromatic carbocycles. The number of anilines is 1. The van der Waals surface area contributed by atoms with Gasteiger partial charge in [-0.3, -0.25) is 4.79 Å². The third-order valence-corrected chi connectivity index (χ3v) is 3.70. The maximum absolute atomic E-state index is 10.7. The van der Waals surface area contributed by atoms with Crippen LogP contribution in [-0.4, -0.2) is 34.4 Å². The molecule has 6 heteroatoms. The summed E-state index contributed by atoms with van der Waals surface area (Å²) in [6.07, 6.45) is 2.05. The lowest BCUT2D eigenvalue weighted by Gasteiger charge is -2.20. The quantitative estimate of drug-likeness (QED) is 0.809. The zero-order chi connectivity index (χ0) is 14.2. The first-order valence-corrected chi connectivity index (χ1v) is 7.40. The van der Waals surface area contributed by atoms with Gasteiger partial charge in [-0.1, -0.05) is 41.7 Å². The van der Waals surface area contributed by atoms with E-state index in [1.807, 2.05) is 23.1 Å². The molecule has 2 aromatic rings. The Morgan fingerprint density at radius 3 is 2.70 bits per heavy atom. The molecule has 0 saturated carbocycles. The van der Waals surface area contributed by atoms with Crippen LogP contribution in [0, 0.1) is 0 Å². The summed E-state index contributed by atoms with van der Waals surface area (Å²) in [5, 5.41) is 17.4. The van der Waals surface area contributed by atoms with Crippen molar-refractivity contribution in [2.24, 2.45) is 0 Å². The van der Waals surface area contributed by atoms with Gasteiger partial charge in [-0.2, -0.15) is 0 Å². The molecule has 0 atom stereocenters. The summed E-state index contributed by atoms with van der Waals surface area (Å²) in [5.41, 5.74) is 2.96. The van der Waals surface area contributed by atoms with Crippen molar-refractivity contribution in [2.45, 2.75) is 19.3 Å². The molecule has 0 aliphatic rings. The lowest BCUT2D eigenvalue weighted by Crippen LogP contribution is -2.27. The van der Waals surface area contributed by atoms with Crippen LogP contribution in [0.2, 0.25) is 0 Å². The minimum absolute atomic E-state index is 0.116. The van der Waals surface area contributed by atoms with Crippen molar-refractivity contribution in [2.75, 3.05) is 18.0 Å². The van der Waals surface area contributed by atoms with Crippen LogP contribution < -0.4 is 4.90 Å². The third-order valence-electron chi connectivity index (χ3n) is 2.95. The SMILES string of the molecule is O=C(O)CCN(CCCc1ccccc1)c1nncs1. The largest absolute Gasteiger partial charge is 0.481 e. The fourth-order valence-corrected chi connectivity index (χ4v) is 2.57. The standard InChI is InChI=1S/C14H17N3O2S/c18-13(19)8-10-17(14-16-15-11-20-14)9-4-7-12-5-2-1-3-6-12/h1-3,5-6,11H,4,7-10H2,(H,18,19). The molecule has 1 aromatic heterocycles. The molecule has 1 N–H and O–H groups in total. The minimum Gasteiger partial charge on any atom is -0.481 e. The Labute approximate surface area is 121 Å². The molecule has 0 unspecified atom stereocenters. The summed E-state index contributed by atoms with van der Waals surface area (Å²) in [6.45, 7) is 1.26. The van der Waals surface area contributed by atoms with E-state index in [1.54, 1.807) is 5.51 Å². The van der Waals surface area contributed by atoms with Crippen LogP contribution >= 0.6 is 11.3 Å². The first-order chi connectivity index (χ1) is 9.75. The van der Waals surface area contributed by atoms with Crippen molar-refractivity contribution in [3.05, 3.63) is 41.4 Å². The van der Waals surface area contributed by atoms with Crippen LogP contribution in [0.25, 0.3) is 0 Å². The maximum atomic E-state index is 10.7. The van der Waals surface area contributed by atoms with E-state index in [0.29, 0.717) is 6.54 Å². The summed E-state index contributed by atoms with van der Waals surface area (Å²) in [5.74, 6) is -0.789. The van der Waals surface area contributed by atoms with Crippen molar-refractivity contribution in [1.82, 2.24) is 10.2 Å². The van der Waals surface area contributed by atoms with E-state index >= 15 is 0 Å². The predicted molar refractivity (Wildman–Crippen MR) is 79.1 cm³/mol. The Morgan fingerprint density at radius 1 is 1.25 bits per heavy atom. The maximum Gasteiger partial charge on any atom is 0.305 e. The van der Waals surface area contributed by atoms with Crippen molar-refractivity contribution in [3.63, 3.8) is 0 Å². The second kappa shape index (κ2) is 7.59. The number of aliphatic carboxylic acids is 1. The van der Waals surface area contributed by atoms with Gasteiger partial charge in [-0.25, -0.2) is 0 Å². The number of nitrogens with zero attached hydrogens (tertiary/aromatic N) is 3. The number of aryl methyl sites for hydroxylation is 1. The van der Waals surface area contributed by atoms with Gasteiger partial charge in [0.15, 0.2) is 0 Å². The summed E-state index contributed by atoms with van der Waals surface area (Å²) < 4.78 is 0. The number of aromatic nitrogens is 2. The monoisotopic (exact) mass is 291 g/mol. The summed E-state index contributed by atoms with van der Waals surface area (Å²) in [7, 11) is 0. The molecule has 0 aliphatic carbocycles. The van der Waals surface area contributed by atoms with Gasteiger partial charge in [0.25, 0.3) is 0 Å². The molecule has 106 valence electrons. The summed E-state index contributed by atoms with van der Waals surface area (Å²) >= 11 is 1.44. The smallest absolute Gasteiger partial charge is 0.305 e. The van der Waals surface area contributed by atoms with Crippen LogP contribution in [0.3, 0.4) is 0 Å². The van der Waals surface area contributed by atoms with Gasteiger partial charge < -0.3 is 10.0 Å². The van der Waals surface area contributed by atoms with Gasteiger partial charge in [-0.05, 0) is 18.4 Å². The predicted octanol–water partition coefficient (Wildman–Crippen LogP) is 2.45. The number of rotatable bonds is 8. The topological polar surface area (TPSA) is 66.3 Å². The highest BCUT2D eigenvalue weighted by atomic mass is 32.1. The van der Waals surface area contributed by atoms with Crippen molar-refractivity contribution in [3.8, 4) is 0 Å². The number of carboxylic acid groups (broad SMARTS) is 1. The Kier molecular flexibility index (Phi) is 5.49. The fraction of sp³-hybridized carbons (Fsp3) is 0.357. The summed E-state index contributed by atoms with van der Waals surface area (Å²) in [6, 6.07) is 10.3.